The molecule has 10 heteroatoms. The number of thioether (sulfide) groups is 1. The largest absolute Gasteiger partial charge is 0.535 e. The van der Waals surface area contributed by atoms with Crippen LogP contribution in [0.4, 0.5) is 0 Å². The van der Waals surface area contributed by atoms with E-state index in [1.165, 1.54) is 11.8 Å². The molecular formula is C15H19BN2O6S. The Hall–Kier alpha value is -1.91. The highest BCUT2D eigenvalue weighted by Crippen LogP contribution is 2.41. The summed E-state index contributed by atoms with van der Waals surface area (Å²) >= 11 is 1.38. The molecule has 1 fully saturated rings. The molecule has 0 bridgehead atoms. The van der Waals surface area contributed by atoms with Crippen molar-refractivity contribution in [3.05, 3.63) is 23.3 Å². The van der Waals surface area contributed by atoms with Gasteiger partial charge in [0.05, 0.1) is 11.8 Å². The number of fused-ring (bicyclic) bond motifs is 1. The van der Waals surface area contributed by atoms with E-state index in [-0.39, 0.29) is 41.1 Å². The first-order valence-corrected chi connectivity index (χ1v) is 9.29. The summed E-state index contributed by atoms with van der Waals surface area (Å²) in [6, 6.07) is 2.74. The van der Waals surface area contributed by atoms with E-state index in [1.807, 2.05) is 6.26 Å². The minimum atomic E-state index is -1.21. The van der Waals surface area contributed by atoms with Gasteiger partial charge < -0.3 is 30.2 Å². The van der Waals surface area contributed by atoms with Gasteiger partial charge in [-0.1, -0.05) is 0 Å². The fourth-order valence-electron chi connectivity index (χ4n) is 2.82. The van der Waals surface area contributed by atoms with Gasteiger partial charge in [-0.05, 0) is 18.4 Å². The second kappa shape index (κ2) is 7.55. The summed E-state index contributed by atoms with van der Waals surface area (Å²) in [4.78, 5) is 23.7. The van der Waals surface area contributed by atoms with E-state index >= 15 is 0 Å². The quantitative estimate of drug-likeness (QED) is 0.525. The first-order valence-electron chi connectivity index (χ1n) is 7.90. The number of hydrogen-bond donors (Lipinski definition) is 4. The van der Waals surface area contributed by atoms with E-state index < -0.39 is 19.1 Å². The predicted octanol–water partition coefficient (Wildman–Crippen LogP) is 0.129. The zero-order valence-corrected chi connectivity index (χ0v) is 14.5. The first-order chi connectivity index (χ1) is 12.0. The number of carboxylic acid groups (broad SMARTS) is 1. The summed E-state index contributed by atoms with van der Waals surface area (Å²) in [6.45, 7) is 1.29. The molecule has 4 N–H and O–H groups in total. The number of carbonyl (C=O) groups is 2. The predicted molar refractivity (Wildman–Crippen MR) is 93.4 cm³/mol. The molecule has 3 rings (SSSR count). The average Bonchev–Trinajstić information content (AvgIpc) is 2.50. The molecule has 25 heavy (non-hydrogen) atoms. The Morgan fingerprint density at radius 2 is 2.24 bits per heavy atom. The number of hydrogen-bond acceptors (Lipinski definition) is 7. The fourth-order valence-corrected chi connectivity index (χ4v) is 3.17. The van der Waals surface area contributed by atoms with E-state index in [9.17, 15) is 19.7 Å². The van der Waals surface area contributed by atoms with Crippen LogP contribution in [0.3, 0.4) is 0 Å². The number of amides is 1. The highest BCUT2D eigenvalue weighted by atomic mass is 32.2. The Morgan fingerprint density at radius 1 is 1.48 bits per heavy atom. The summed E-state index contributed by atoms with van der Waals surface area (Å²) in [5.74, 6) is -0.867. The van der Waals surface area contributed by atoms with Crippen LogP contribution in [0.25, 0.3) is 0 Å². The third-order valence-electron chi connectivity index (χ3n) is 4.08. The van der Waals surface area contributed by atoms with Gasteiger partial charge in [-0.3, -0.25) is 4.79 Å². The molecule has 0 radical (unpaired) electrons. The van der Waals surface area contributed by atoms with Crippen LogP contribution in [0.2, 0.25) is 6.32 Å². The fraction of sp³-hybridized carbons (Fsp3) is 0.467. The molecule has 2 aliphatic heterocycles. The number of rotatable bonds is 6. The Morgan fingerprint density at radius 3 is 2.84 bits per heavy atom. The molecule has 2 heterocycles. The number of nitrogens with one attached hydrogen (secondary N) is 2. The highest BCUT2D eigenvalue weighted by molar-refractivity contribution is 7.99. The SMILES string of the molecule is CSCC(=O)N[C@@H]1CB(O)Oc2c1ccc(OC1CNC1)c2C(=O)O. The van der Waals surface area contributed by atoms with E-state index in [0.717, 1.165) is 0 Å². The summed E-state index contributed by atoms with van der Waals surface area (Å²) < 4.78 is 11.1. The lowest BCUT2D eigenvalue weighted by atomic mass is 9.75. The van der Waals surface area contributed by atoms with Gasteiger partial charge in [-0.25, -0.2) is 4.79 Å². The molecule has 1 aromatic carbocycles. The molecule has 8 nitrogen and oxygen atoms in total. The molecular weight excluding hydrogens is 347 g/mol. The maximum absolute atomic E-state index is 11.9. The molecule has 0 unspecified atom stereocenters. The number of carboxylic acids is 1. The van der Waals surface area contributed by atoms with Crippen LogP contribution in [0.1, 0.15) is 22.0 Å². The zero-order chi connectivity index (χ0) is 18.0. The van der Waals surface area contributed by atoms with Crippen molar-refractivity contribution >= 4 is 30.8 Å². The molecule has 0 spiro atoms. The van der Waals surface area contributed by atoms with Crippen molar-refractivity contribution in [3.63, 3.8) is 0 Å². The maximum atomic E-state index is 11.9. The minimum absolute atomic E-state index is 0.0467. The highest BCUT2D eigenvalue weighted by Gasteiger charge is 2.37. The average molecular weight is 366 g/mol. The van der Waals surface area contributed by atoms with Gasteiger partial charge in [0, 0.05) is 25.0 Å². The van der Waals surface area contributed by atoms with E-state index in [1.54, 1.807) is 12.1 Å². The molecule has 1 amide bonds. The zero-order valence-electron chi connectivity index (χ0n) is 13.7. The first kappa shape index (κ1) is 17.9. The topological polar surface area (TPSA) is 117 Å². The van der Waals surface area contributed by atoms with Gasteiger partial charge in [0.15, 0.2) is 0 Å². The third-order valence-corrected chi connectivity index (χ3v) is 4.63. The Kier molecular flexibility index (Phi) is 5.40. The molecule has 1 atom stereocenters. The molecule has 2 aliphatic rings. The van der Waals surface area contributed by atoms with E-state index in [0.29, 0.717) is 18.7 Å². The number of ether oxygens (including phenoxy) is 1. The van der Waals surface area contributed by atoms with Crippen molar-refractivity contribution in [2.24, 2.45) is 0 Å². The lowest BCUT2D eigenvalue weighted by molar-refractivity contribution is -0.119. The Balaban J connectivity index is 1.94. The number of aromatic carboxylic acids is 1. The summed E-state index contributed by atoms with van der Waals surface area (Å²) in [6.07, 6.45) is 1.87. The maximum Gasteiger partial charge on any atom is 0.525 e. The summed E-state index contributed by atoms with van der Waals surface area (Å²) in [7, 11) is -1.20. The smallest absolute Gasteiger partial charge is 0.525 e. The monoisotopic (exact) mass is 366 g/mol. The normalized spacial score (nSPS) is 19.4. The van der Waals surface area contributed by atoms with Gasteiger partial charge >= 0.3 is 13.1 Å². The molecule has 134 valence electrons. The summed E-state index contributed by atoms with van der Waals surface area (Å²) in [5, 5.41) is 25.5. The van der Waals surface area contributed by atoms with Crippen LogP contribution >= 0.6 is 11.8 Å². The van der Waals surface area contributed by atoms with Crippen molar-refractivity contribution in [3.8, 4) is 11.5 Å². The van der Waals surface area contributed by atoms with Gasteiger partial charge in [0.1, 0.15) is 23.2 Å². The summed E-state index contributed by atoms with van der Waals surface area (Å²) in [5.41, 5.74) is 0.392. The molecule has 1 saturated heterocycles. The third kappa shape index (κ3) is 3.86. The van der Waals surface area contributed by atoms with Crippen LogP contribution < -0.4 is 20.0 Å². The second-order valence-corrected chi connectivity index (χ2v) is 6.79. The van der Waals surface area contributed by atoms with Crippen molar-refractivity contribution in [1.82, 2.24) is 10.6 Å². The molecule has 0 aromatic heterocycles. The lowest BCUT2D eigenvalue weighted by Crippen LogP contribution is -2.50. The van der Waals surface area contributed by atoms with Crippen LogP contribution in [0, 0.1) is 0 Å². The van der Waals surface area contributed by atoms with Crippen molar-refractivity contribution < 1.29 is 29.1 Å². The van der Waals surface area contributed by atoms with Gasteiger partial charge in [0.25, 0.3) is 0 Å². The van der Waals surface area contributed by atoms with Crippen molar-refractivity contribution in [2.45, 2.75) is 18.5 Å². The van der Waals surface area contributed by atoms with Gasteiger partial charge in [-0.2, -0.15) is 11.8 Å². The van der Waals surface area contributed by atoms with Crippen LogP contribution in [0.15, 0.2) is 12.1 Å². The molecule has 0 saturated carbocycles. The molecule has 0 aliphatic carbocycles. The number of benzene rings is 1. The van der Waals surface area contributed by atoms with Gasteiger partial charge in [0.2, 0.25) is 5.91 Å². The number of carbonyl (C=O) groups excluding carboxylic acids is 1. The van der Waals surface area contributed by atoms with Gasteiger partial charge in [-0.15, -0.1) is 0 Å². The van der Waals surface area contributed by atoms with Crippen LogP contribution in [-0.2, 0) is 4.79 Å². The second-order valence-electron chi connectivity index (χ2n) is 5.92. The van der Waals surface area contributed by atoms with Crippen molar-refractivity contribution in [2.75, 3.05) is 25.1 Å². The lowest BCUT2D eigenvalue weighted by Gasteiger charge is -2.32. The Bertz CT molecular complexity index is 684. The van der Waals surface area contributed by atoms with Crippen LogP contribution in [-0.4, -0.2) is 60.3 Å². The van der Waals surface area contributed by atoms with E-state index in [4.69, 9.17) is 9.39 Å². The Labute approximate surface area is 149 Å². The molecule has 1 aromatic rings. The van der Waals surface area contributed by atoms with Crippen molar-refractivity contribution in [1.29, 1.82) is 0 Å². The van der Waals surface area contributed by atoms with Crippen LogP contribution in [0.5, 0.6) is 11.5 Å². The van der Waals surface area contributed by atoms with E-state index in [2.05, 4.69) is 10.6 Å². The minimum Gasteiger partial charge on any atom is -0.535 e. The standard InChI is InChI=1S/C15H19BN2O6S/c1-25-7-12(19)18-10-4-16(22)24-14-9(10)2-3-11(13(14)15(20)21)23-8-5-17-6-8/h2-3,8,10,17,22H,4-7H2,1H3,(H,18,19)(H,20,21)/t10-/m1/s1.